The number of carbonyl (C=O) groups is 2. The van der Waals surface area contributed by atoms with Gasteiger partial charge in [0, 0.05) is 11.8 Å². The number of rotatable bonds is 7. The van der Waals surface area contributed by atoms with Crippen LogP contribution in [0.5, 0.6) is 5.75 Å². The van der Waals surface area contributed by atoms with E-state index in [0.29, 0.717) is 23.7 Å². The Hall–Kier alpha value is -3.48. The number of ether oxygens (including phenoxy) is 1. The van der Waals surface area contributed by atoms with Crippen molar-refractivity contribution >= 4 is 17.5 Å². The molecule has 0 fully saturated rings. The fourth-order valence-corrected chi connectivity index (χ4v) is 2.06. The lowest BCUT2D eigenvalue weighted by atomic mass is 10.3. The van der Waals surface area contributed by atoms with E-state index in [2.05, 4.69) is 10.6 Å². The first-order chi connectivity index (χ1) is 12.2. The van der Waals surface area contributed by atoms with E-state index in [-0.39, 0.29) is 24.2 Å². The lowest BCUT2D eigenvalue weighted by Crippen LogP contribution is -2.28. The van der Waals surface area contributed by atoms with Crippen molar-refractivity contribution in [3.8, 4) is 5.75 Å². The van der Waals surface area contributed by atoms with Crippen LogP contribution in [0.1, 0.15) is 16.3 Å². The SMILES string of the molecule is O=C(COc1cccc(NC(=O)c2ccco2)c1)NCc1ccco1. The first kappa shape index (κ1) is 16.4. The molecule has 0 unspecified atom stereocenters. The van der Waals surface area contributed by atoms with Crippen LogP contribution in [0.3, 0.4) is 0 Å². The summed E-state index contributed by atoms with van der Waals surface area (Å²) in [5.74, 6) is 0.699. The van der Waals surface area contributed by atoms with Crippen LogP contribution in [0.4, 0.5) is 5.69 Å². The van der Waals surface area contributed by atoms with Crippen LogP contribution < -0.4 is 15.4 Å². The highest BCUT2D eigenvalue weighted by atomic mass is 16.5. The topological polar surface area (TPSA) is 93.7 Å². The molecule has 0 aliphatic rings. The van der Waals surface area contributed by atoms with E-state index < -0.39 is 0 Å². The Bertz CT molecular complexity index is 825. The Morgan fingerprint density at radius 1 is 1.00 bits per heavy atom. The maximum absolute atomic E-state index is 11.9. The molecule has 2 amide bonds. The van der Waals surface area contributed by atoms with Crippen molar-refractivity contribution < 1.29 is 23.2 Å². The van der Waals surface area contributed by atoms with Crippen molar-refractivity contribution in [2.24, 2.45) is 0 Å². The zero-order valence-electron chi connectivity index (χ0n) is 13.2. The third kappa shape index (κ3) is 4.74. The Morgan fingerprint density at radius 3 is 2.60 bits per heavy atom. The third-order valence-electron chi connectivity index (χ3n) is 3.25. The van der Waals surface area contributed by atoms with E-state index in [9.17, 15) is 9.59 Å². The second kappa shape index (κ2) is 7.87. The average Bonchev–Trinajstić information content (AvgIpc) is 3.32. The van der Waals surface area contributed by atoms with Gasteiger partial charge in [-0.2, -0.15) is 0 Å². The van der Waals surface area contributed by atoms with Crippen molar-refractivity contribution in [2.45, 2.75) is 6.54 Å². The minimum atomic E-state index is -0.363. The molecule has 7 heteroatoms. The molecule has 0 atom stereocenters. The van der Waals surface area contributed by atoms with Crippen molar-refractivity contribution in [3.63, 3.8) is 0 Å². The molecule has 25 heavy (non-hydrogen) atoms. The molecule has 0 aliphatic heterocycles. The fourth-order valence-electron chi connectivity index (χ4n) is 2.06. The Labute approximate surface area is 143 Å². The maximum Gasteiger partial charge on any atom is 0.291 e. The highest BCUT2D eigenvalue weighted by Crippen LogP contribution is 2.18. The molecule has 7 nitrogen and oxygen atoms in total. The number of hydrogen-bond donors (Lipinski definition) is 2. The average molecular weight is 340 g/mol. The highest BCUT2D eigenvalue weighted by molar-refractivity contribution is 6.02. The van der Waals surface area contributed by atoms with Gasteiger partial charge >= 0.3 is 0 Å². The summed E-state index contributed by atoms with van der Waals surface area (Å²) in [4.78, 5) is 23.7. The largest absolute Gasteiger partial charge is 0.484 e. The molecule has 2 aromatic heterocycles. The number of amides is 2. The summed E-state index contributed by atoms with van der Waals surface area (Å²) < 4.78 is 15.6. The predicted molar refractivity (Wildman–Crippen MR) is 89.2 cm³/mol. The van der Waals surface area contributed by atoms with Gasteiger partial charge in [-0.05, 0) is 36.4 Å². The Balaban J connectivity index is 1.49. The normalized spacial score (nSPS) is 10.2. The summed E-state index contributed by atoms with van der Waals surface area (Å²) in [5.41, 5.74) is 0.537. The standard InChI is InChI=1S/C18H16N2O5/c21-17(19-11-15-6-2-8-23-15)12-25-14-5-1-4-13(10-14)20-18(22)16-7-3-9-24-16/h1-10H,11-12H2,(H,19,21)(H,20,22). The molecule has 128 valence electrons. The van der Waals surface area contributed by atoms with Crippen LogP contribution in [-0.4, -0.2) is 18.4 Å². The number of carbonyl (C=O) groups excluding carboxylic acids is 2. The maximum atomic E-state index is 11.9. The quantitative estimate of drug-likeness (QED) is 0.690. The summed E-state index contributed by atoms with van der Waals surface area (Å²) in [6.07, 6.45) is 2.97. The molecule has 0 aliphatic carbocycles. The van der Waals surface area contributed by atoms with Gasteiger partial charge in [0.25, 0.3) is 11.8 Å². The van der Waals surface area contributed by atoms with Gasteiger partial charge in [-0.15, -0.1) is 0 Å². The minimum Gasteiger partial charge on any atom is -0.484 e. The Kier molecular flexibility index (Phi) is 5.16. The number of hydrogen-bond acceptors (Lipinski definition) is 5. The fraction of sp³-hybridized carbons (Fsp3) is 0.111. The van der Waals surface area contributed by atoms with Crippen LogP contribution in [0.2, 0.25) is 0 Å². The van der Waals surface area contributed by atoms with E-state index in [1.807, 2.05) is 0 Å². The number of benzene rings is 1. The molecule has 0 bridgehead atoms. The predicted octanol–water partition coefficient (Wildman–Crippen LogP) is 2.82. The van der Waals surface area contributed by atoms with E-state index >= 15 is 0 Å². The molecule has 1 aromatic carbocycles. The van der Waals surface area contributed by atoms with Crippen LogP contribution in [0, 0.1) is 0 Å². The highest BCUT2D eigenvalue weighted by Gasteiger charge is 2.09. The van der Waals surface area contributed by atoms with Crippen LogP contribution in [0.25, 0.3) is 0 Å². The molecular formula is C18H16N2O5. The van der Waals surface area contributed by atoms with Gasteiger partial charge in [0.2, 0.25) is 0 Å². The van der Waals surface area contributed by atoms with E-state index in [1.54, 1.807) is 54.8 Å². The van der Waals surface area contributed by atoms with E-state index in [1.165, 1.54) is 6.26 Å². The van der Waals surface area contributed by atoms with Crippen molar-refractivity contribution in [2.75, 3.05) is 11.9 Å². The summed E-state index contributed by atoms with van der Waals surface area (Å²) in [7, 11) is 0. The smallest absolute Gasteiger partial charge is 0.291 e. The molecular weight excluding hydrogens is 324 g/mol. The molecule has 3 aromatic rings. The van der Waals surface area contributed by atoms with Gasteiger partial charge in [-0.25, -0.2) is 0 Å². The van der Waals surface area contributed by atoms with Crippen LogP contribution in [-0.2, 0) is 11.3 Å². The molecule has 2 N–H and O–H groups in total. The van der Waals surface area contributed by atoms with Gasteiger partial charge in [-0.1, -0.05) is 6.07 Å². The molecule has 0 saturated heterocycles. The van der Waals surface area contributed by atoms with Crippen molar-refractivity contribution in [1.82, 2.24) is 5.32 Å². The monoisotopic (exact) mass is 340 g/mol. The van der Waals surface area contributed by atoms with Gasteiger partial charge in [0.1, 0.15) is 11.5 Å². The zero-order chi connectivity index (χ0) is 17.5. The lowest BCUT2D eigenvalue weighted by Gasteiger charge is -2.09. The molecule has 0 radical (unpaired) electrons. The van der Waals surface area contributed by atoms with Crippen molar-refractivity contribution in [3.05, 3.63) is 72.6 Å². The zero-order valence-corrected chi connectivity index (χ0v) is 13.2. The summed E-state index contributed by atoms with van der Waals surface area (Å²) >= 11 is 0. The number of anilines is 1. The summed E-state index contributed by atoms with van der Waals surface area (Å²) in [6.45, 7) is 0.157. The van der Waals surface area contributed by atoms with Crippen LogP contribution in [0.15, 0.2) is 69.9 Å². The van der Waals surface area contributed by atoms with Gasteiger partial charge in [0.05, 0.1) is 19.1 Å². The van der Waals surface area contributed by atoms with Gasteiger partial charge < -0.3 is 24.2 Å². The summed E-state index contributed by atoms with van der Waals surface area (Å²) in [5, 5.41) is 5.37. The minimum absolute atomic E-state index is 0.143. The van der Waals surface area contributed by atoms with E-state index in [4.69, 9.17) is 13.6 Å². The molecule has 2 heterocycles. The van der Waals surface area contributed by atoms with E-state index in [0.717, 1.165) is 0 Å². The second-order valence-electron chi connectivity index (χ2n) is 5.10. The van der Waals surface area contributed by atoms with Gasteiger partial charge in [-0.3, -0.25) is 9.59 Å². The summed E-state index contributed by atoms with van der Waals surface area (Å²) in [6, 6.07) is 13.5. The first-order valence-electron chi connectivity index (χ1n) is 7.57. The first-order valence-corrected chi connectivity index (χ1v) is 7.57. The molecule has 3 rings (SSSR count). The molecule has 0 saturated carbocycles. The Morgan fingerprint density at radius 2 is 1.84 bits per heavy atom. The third-order valence-corrected chi connectivity index (χ3v) is 3.25. The number of furan rings is 2. The molecule has 0 spiro atoms. The lowest BCUT2D eigenvalue weighted by molar-refractivity contribution is -0.123. The van der Waals surface area contributed by atoms with Crippen molar-refractivity contribution in [1.29, 1.82) is 0 Å². The number of nitrogens with one attached hydrogen (secondary N) is 2. The second-order valence-corrected chi connectivity index (χ2v) is 5.10. The van der Waals surface area contributed by atoms with Crippen LogP contribution >= 0.6 is 0 Å². The van der Waals surface area contributed by atoms with Gasteiger partial charge in [0.15, 0.2) is 12.4 Å².